The molecule has 0 aliphatic heterocycles. The molecule has 2 heterocycles. The van der Waals surface area contributed by atoms with Crippen molar-refractivity contribution in [2.45, 2.75) is 6.92 Å². The number of nitrogens with two attached hydrogens (primary N) is 1. The zero-order valence-corrected chi connectivity index (χ0v) is 8.57. The average Bonchev–Trinajstić information content (AvgIpc) is 2.77. The van der Waals surface area contributed by atoms with Crippen LogP contribution in [0, 0.1) is 6.92 Å². The summed E-state index contributed by atoms with van der Waals surface area (Å²) in [5, 5.41) is 11.5. The molecule has 7 heteroatoms. The highest BCUT2D eigenvalue weighted by Crippen LogP contribution is 2.09. The Morgan fingerprint density at radius 3 is 2.75 bits per heavy atom. The number of oxime groups is 1. The summed E-state index contributed by atoms with van der Waals surface area (Å²) < 4.78 is 1.61. The van der Waals surface area contributed by atoms with E-state index < -0.39 is 0 Å². The molecule has 0 radical (unpaired) electrons. The van der Waals surface area contributed by atoms with E-state index in [1.807, 2.05) is 6.92 Å². The fraction of sp³-hybridized carbons (Fsp3) is 0.111. The number of rotatable bonds is 2. The molecule has 2 rings (SSSR count). The van der Waals surface area contributed by atoms with E-state index in [1.165, 1.54) is 0 Å². The Kier molecular flexibility index (Phi) is 2.50. The van der Waals surface area contributed by atoms with Crippen LogP contribution in [0.15, 0.2) is 29.9 Å². The van der Waals surface area contributed by atoms with Crippen LogP contribution in [0.5, 0.6) is 0 Å². The Bertz CT molecular complexity index is 532. The number of aromatic nitrogens is 4. The molecule has 16 heavy (non-hydrogen) atoms. The molecular weight excluding hydrogens is 208 g/mol. The minimum absolute atomic E-state index is 0.0740. The van der Waals surface area contributed by atoms with Gasteiger partial charge in [-0.25, -0.2) is 9.97 Å². The molecule has 2 aromatic heterocycles. The molecule has 0 saturated carbocycles. The normalized spacial score (nSPS) is 11.7. The van der Waals surface area contributed by atoms with Crippen molar-refractivity contribution in [3.63, 3.8) is 0 Å². The highest BCUT2D eigenvalue weighted by Gasteiger charge is 2.12. The lowest BCUT2D eigenvalue weighted by Gasteiger charge is -2.07. The molecule has 0 fully saturated rings. The van der Waals surface area contributed by atoms with Gasteiger partial charge in [-0.2, -0.15) is 0 Å². The molecule has 0 saturated heterocycles. The van der Waals surface area contributed by atoms with Gasteiger partial charge in [0.05, 0.1) is 5.69 Å². The van der Waals surface area contributed by atoms with E-state index >= 15 is 0 Å². The number of aryl methyl sites for hydroxylation is 1. The van der Waals surface area contributed by atoms with Gasteiger partial charge >= 0.3 is 0 Å². The highest BCUT2D eigenvalue weighted by molar-refractivity contribution is 5.94. The monoisotopic (exact) mass is 218 g/mol. The predicted octanol–water partition coefficient (Wildman–Crippen LogP) is 0.0652. The van der Waals surface area contributed by atoms with Crippen molar-refractivity contribution in [1.29, 1.82) is 0 Å². The summed E-state index contributed by atoms with van der Waals surface area (Å²) in [5.74, 6) is 0.850. The standard InChI is InChI=1S/C9H10N6O/c1-6-8(12-3-2-11-6)15-5-4-13-9(15)7(10)14-16/h2-5,16H,1H3,(H2,10,14). The van der Waals surface area contributed by atoms with Crippen molar-refractivity contribution < 1.29 is 5.21 Å². The topological polar surface area (TPSA) is 102 Å². The maximum Gasteiger partial charge on any atom is 0.206 e. The molecule has 0 atom stereocenters. The second-order valence-corrected chi connectivity index (χ2v) is 3.07. The van der Waals surface area contributed by atoms with Gasteiger partial charge in [0, 0.05) is 24.8 Å². The van der Waals surface area contributed by atoms with Gasteiger partial charge in [-0.1, -0.05) is 5.16 Å². The van der Waals surface area contributed by atoms with Gasteiger partial charge in [0.2, 0.25) is 5.84 Å². The highest BCUT2D eigenvalue weighted by atomic mass is 16.4. The predicted molar refractivity (Wildman–Crippen MR) is 56.4 cm³/mol. The molecular formula is C9H10N6O. The lowest BCUT2D eigenvalue weighted by atomic mass is 10.4. The first-order chi connectivity index (χ1) is 7.74. The first kappa shape index (κ1) is 10.1. The van der Waals surface area contributed by atoms with Gasteiger partial charge in [-0.05, 0) is 6.92 Å². The molecule has 82 valence electrons. The third-order valence-electron chi connectivity index (χ3n) is 2.06. The van der Waals surface area contributed by atoms with E-state index in [1.54, 1.807) is 29.4 Å². The van der Waals surface area contributed by atoms with Crippen molar-refractivity contribution in [3.05, 3.63) is 36.3 Å². The lowest BCUT2D eigenvalue weighted by molar-refractivity contribution is 0.318. The van der Waals surface area contributed by atoms with Gasteiger partial charge in [0.15, 0.2) is 11.6 Å². The summed E-state index contributed by atoms with van der Waals surface area (Å²) in [6.07, 6.45) is 6.38. The summed E-state index contributed by atoms with van der Waals surface area (Å²) in [6.45, 7) is 1.82. The van der Waals surface area contributed by atoms with E-state index in [0.717, 1.165) is 5.69 Å². The molecule has 0 aromatic carbocycles. The van der Waals surface area contributed by atoms with Crippen molar-refractivity contribution in [2.24, 2.45) is 10.9 Å². The minimum Gasteiger partial charge on any atom is -0.409 e. The maximum absolute atomic E-state index is 8.62. The van der Waals surface area contributed by atoms with E-state index in [2.05, 4.69) is 20.1 Å². The zero-order valence-electron chi connectivity index (χ0n) is 8.57. The number of amidine groups is 1. The Balaban J connectivity index is 2.58. The number of hydrogen-bond donors (Lipinski definition) is 2. The molecule has 0 bridgehead atoms. The summed E-state index contributed by atoms with van der Waals surface area (Å²) in [6, 6.07) is 0. The first-order valence-corrected chi connectivity index (χ1v) is 4.53. The largest absolute Gasteiger partial charge is 0.409 e. The molecule has 2 aromatic rings. The van der Waals surface area contributed by atoms with Gasteiger partial charge in [-0.15, -0.1) is 0 Å². The number of imidazole rings is 1. The molecule has 0 aliphatic rings. The molecule has 0 amide bonds. The fourth-order valence-corrected chi connectivity index (χ4v) is 1.35. The van der Waals surface area contributed by atoms with Crippen molar-refractivity contribution in [1.82, 2.24) is 19.5 Å². The van der Waals surface area contributed by atoms with Crippen molar-refractivity contribution in [2.75, 3.05) is 0 Å². The molecule has 3 N–H and O–H groups in total. The summed E-state index contributed by atoms with van der Waals surface area (Å²) in [4.78, 5) is 12.3. The molecule has 0 spiro atoms. The van der Waals surface area contributed by atoms with Crippen LogP contribution in [-0.2, 0) is 0 Å². The second kappa shape index (κ2) is 3.97. The Morgan fingerprint density at radius 1 is 1.31 bits per heavy atom. The average molecular weight is 218 g/mol. The quantitative estimate of drug-likeness (QED) is 0.321. The van der Waals surface area contributed by atoms with Crippen LogP contribution in [0.25, 0.3) is 5.82 Å². The van der Waals surface area contributed by atoms with Crippen molar-refractivity contribution >= 4 is 5.84 Å². The van der Waals surface area contributed by atoms with Gasteiger partial charge in [0.1, 0.15) is 0 Å². The maximum atomic E-state index is 8.62. The van der Waals surface area contributed by atoms with Gasteiger partial charge in [0.25, 0.3) is 0 Å². The minimum atomic E-state index is -0.0740. The Labute approximate surface area is 91.3 Å². The van der Waals surface area contributed by atoms with E-state index in [-0.39, 0.29) is 5.84 Å². The Morgan fingerprint density at radius 2 is 2.06 bits per heavy atom. The smallest absolute Gasteiger partial charge is 0.206 e. The summed E-state index contributed by atoms with van der Waals surface area (Å²) >= 11 is 0. The third kappa shape index (κ3) is 1.58. The van der Waals surface area contributed by atoms with Crippen LogP contribution in [-0.4, -0.2) is 30.6 Å². The second-order valence-electron chi connectivity index (χ2n) is 3.07. The zero-order chi connectivity index (χ0) is 11.5. The molecule has 7 nitrogen and oxygen atoms in total. The van der Waals surface area contributed by atoms with Crippen LogP contribution in [0.4, 0.5) is 0 Å². The van der Waals surface area contributed by atoms with Crippen LogP contribution in [0.2, 0.25) is 0 Å². The number of nitrogens with zero attached hydrogens (tertiary/aromatic N) is 5. The van der Waals surface area contributed by atoms with E-state index in [4.69, 9.17) is 10.9 Å². The number of hydrogen-bond acceptors (Lipinski definition) is 5. The van der Waals surface area contributed by atoms with Crippen LogP contribution < -0.4 is 5.73 Å². The van der Waals surface area contributed by atoms with Gasteiger partial charge < -0.3 is 10.9 Å². The van der Waals surface area contributed by atoms with E-state index in [9.17, 15) is 0 Å². The molecule has 0 aliphatic carbocycles. The van der Waals surface area contributed by atoms with Crippen molar-refractivity contribution in [3.8, 4) is 5.82 Å². The fourth-order valence-electron chi connectivity index (χ4n) is 1.35. The van der Waals surface area contributed by atoms with E-state index in [0.29, 0.717) is 11.6 Å². The van der Waals surface area contributed by atoms with Crippen LogP contribution in [0.1, 0.15) is 11.5 Å². The van der Waals surface area contributed by atoms with Crippen LogP contribution >= 0.6 is 0 Å². The summed E-state index contributed by atoms with van der Waals surface area (Å²) in [7, 11) is 0. The molecule has 0 unspecified atom stereocenters. The van der Waals surface area contributed by atoms with Gasteiger partial charge in [-0.3, -0.25) is 9.55 Å². The lowest BCUT2D eigenvalue weighted by Crippen LogP contribution is -2.19. The van der Waals surface area contributed by atoms with Crippen LogP contribution in [0.3, 0.4) is 0 Å². The SMILES string of the molecule is Cc1nccnc1-n1ccnc1/C(N)=N/O. The third-order valence-corrected chi connectivity index (χ3v) is 2.06. The summed E-state index contributed by atoms with van der Waals surface area (Å²) in [5.41, 5.74) is 6.22. The Hall–Kier alpha value is -2.44. The first-order valence-electron chi connectivity index (χ1n) is 4.53.